The Kier molecular flexibility index (Phi) is 11.0. The largest absolute Gasteiger partial charge is 0.456 e. The van der Waals surface area contributed by atoms with Crippen molar-refractivity contribution in [2.24, 2.45) is 0 Å². The summed E-state index contributed by atoms with van der Waals surface area (Å²) in [4.78, 5) is 4.71. The lowest BCUT2D eigenvalue weighted by atomic mass is 9.86. The summed E-state index contributed by atoms with van der Waals surface area (Å²) in [6, 6.07) is 70.9. The standard InChI is InChI=1S/C76H64N2O4/c1-43(2)45-17-23-49(24-18-45)77(53-29-37-67-63(41-53)57-13-11-15-65(71(57)79-67)75(5,6)7)51-27-33-55-47(39-51)21-31-59-61-35-36-62-60-32-22-48-40-52(28-34-56(48)70(60)82-74(62)73(61)81-69(55)59)78(50-25-19-46(20-26-50)44(3)4)54-30-38-68-64(42-54)58-14-12-16-66(72(58)80-68)76(8,9)10/h11-44H,1-10H3. The van der Waals surface area contributed by atoms with Crippen molar-refractivity contribution in [3.63, 3.8) is 0 Å². The third kappa shape index (κ3) is 7.82. The number of benzene rings is 11. The topological polar surface area (TPSA) is 59.0 Å². The first kappa shape index (κ1) is 49.8. The second-order valence-corrected chi connectivity index (χ2v) is 25.3. The minimum absolute atomic E-state index is 0.0614. The molecule has 0 aliphatic carbocycles. The van der Waals surface area contributed by atoms with Crippen LogP contribution in [0.3, 0.4) is 0 Å². The molecule has 0 atom stereocenters. The highest BCUT2D eigenvalue weighted by Crippen LogP contribution is 2.48. The molecule has 0 saturated heterocycles. The molecule has 0 bridgehead atoms. The smallest absolute Gasteiger partial charge is 0.178 e. The molecule has 0 saturated carbocycles. The van der Waals surface area contributed by atoms with Crippen LogP contribution in [-0.2, 0) is 10.8 Å². The molecule has 11 aromatic carbocycles. The monoisotopic (exact) mass is 1070 g/mol. The summed E-state index contributed by atoms with van der Waals surface area (Å²) in [5.41, 5.74) is 18.1. The maximum Gasteiger partial charge on any atom is 0.178 e. The van der Waals surface area contributed by atoms with E-state index in [1.807, 2.05) is 0 Å². The van der Waals surface area contributed by atoms with Gasteiger partial charge in [0.1, 0.15) is 33.5 Å². The fourth-order valence-corrected chi connectivity index (χ4v) is 12.8. The molecule has 0 aliphatic heterocycles. The maximum atomic E-state index is 7.05. The molecular formula is C76H64N2O4. The number of anilines is 6. The molecule has 0 fully saturated rings. The molecule has 0 spiro atoms. The van der Waals surface area contributed by atoms with E-state index in [4.69, 9.17) is 17.7 Å². The number of fused-ring (bicyclic) bond motifs is 17. The van der Waals surface area contributed by atoms with Gasteiger partial charge in [-0.2, -0.15) is 0 Å². The van der Waals surface area contributed by atoms with Gasteiger partial charge < -0.3 is 27.5 Å². The average Bonchev–Trinajstić information content (AvgIpc) is 3.69. The van der Waals surface area contributed by atoms with Crippen molar-refractivity contribution in [2.45, 2.75) is 91.9 Å². The number of nitrogens with zero attached hydrogens (tertiary/aromatic N) is 2. The molecule has 402 valence electrons. The molecule has 82 heavy (non-hydrogen) atoms. The van der Waals surface area contributed by atoms with E-state index in [1.165, 1.54) is 22.3 Å². The highest BCUT2D eigenvalue weighted by molar-refractivity contribution is 6.25. The van der Waals surface area contributed by atoms with Crippen LogP contribution in [0.5, 0.6) is 0 Å². The van der Waals surface area contributed by atoms with Gasteiger partial charge in [-0.15, -0.1) is 0 Å². The number of rotatable bonds is 8. The predicted molar refractivity (Wildman–Crippen MR) is 346 cm³/mol. The zero-order valence-electron chi connectivity index (χ0n) is 48.2. The Bertz CT molecular complexity index is 4750. The molecule has 0 aliphatic rings. The van der Waals surface area contributed by atoms with Gasteiger partial charge in [0.2, 0.25) is 0 Å². The summed E-state index contributed by atoms with van der Waals surface area (Å²) in [5.74, 6) is 0.842. The van der Waals surface area contributed by atoms with E-state index in [1.54, 1.807) is 0 Å². The Morgan fingerprint density at radius 1 is 0.280 bits per heavy atom. The summed E-state index contributed by atoms with van der Waals surface area (Å²) in [7, 11) is 0. The van der Waals surface area contributed by atoms with Crippen LogP contribution >= 0.6 is 0 Å². The van der Waals surface area contributed by atoms with Gasteiger partial charge in [0.25, 0.3) is 0 Å². The third-order valence-electron chi connectivity index (χ3n) is 17.3. The molecule has 0 unspecified atom stereocenters. The molecule has 4 heterocycles. The zero-order valence-corrected chi connectivity index (χ0v) is 48.2. The van der Waals surface area contributed by atoms with Gasteiger partial charge >= 0.3 is 0 Å². The lowest BCUT2D eigenvalue weighted by molar-refractivity contribution is 0.572. The van der Waals surface area contributed by atoms with Crippen LogP contribution in [0.2, 0.25) is 0 Å². The van der Waals surface area contributed by atoms with E-state index in [0.29, 0.717) is 11.8 Å². The Morgan fingerprint density at radius 3 is 1.00 bits per heavy atom. The maximum absolute atomic E-state index is 7.05. The normalized spacial score (nSPS) is 12.7. The molecule has 15 rings (SSSR count). The molecule has 0 radical (unpaired) electrons. The molecule has 15 aromatic rings. The predicted octanol–water partition coefficient (Wildman–Crippen LogP) is 23.4. The zero-order chi connectivity index (χ0) is 56.1. The molecule has 6 nitrogen and oxygen atoms in total. The van der Waals surface area contributed by atoms with Gasteiger partial charge in [-0.3, -0.25) is 0 Å². The Labute approximate surface area is 476 Å². The van der Waals surface area contributed by atoms with Crippen molar-refractivity contribution < 1.29 is 17.7 Å². The van der Waals surface area contributed by atoms with Gasteiger partial charge in [0, 0.05) is 99.1 Å². The van der Waals surface area contributed by atoms with Crippen LogP contribution in [0.15, 0.2) is 212 Å². The Hall–Kier alpha value is -9.26. The van der Waals surface area contributed by atoms with Gasteiger partial charge in [-0.25, -0.2) is 0 Å². The van der Waals surface area contributed by atoms with Gasteiger partial charge in [-0.05, 0) is 166 Å². The summed E-state index contributed by atoms with van der Waals surface area (Å²) in [6.45, 7) is 22.4. The summed E-state index contributed by atoms with van der Waals surface area (Å²) >= 11 is 0. The highest BCUT2D eigenvalue weighted by Gasteiger charge is 2.26. The lowest BCUT2D eigenvalue weighted by Gasteiger charge is -2.26. The van der Waals surface area contributed by atoms with E-state index in [2.05, 4.69) is 273 Å². The molecule has 0 N–H and O–H groups in total. The van der Waals surface area contributed by atoms with E-state index in [0.717, 1.165) is 143 Å². The van der Waals surface area contributed by atoms with Gasteiger partial charge in [0.05, 0.1) is 0 Å². The first-order chi connectivity index (χ1) is 39.5. The van der Waals surface area contributed by atoms with Crippen LogP contribution in [0.25, 0.3) is 109 Å². The number of hydrogen-bond donors (Lipinski definition) is 0. The molecular weight excluding hydrogens is 1000 g/mol. The second kappa shape index (κ2) is 18.1. The Balaban J connectivity index is 0.834. The quantitative estimate of drug-likeness (QED) is 0.151. The van der Waals surface area contributed by atoms with E-state index >= 15 is 0 Å². The summed E-state index contributed by atoms with van der Waals surface area (Å²) < 4.78 is 27.3. The van der Waals surface area contributed by atoms with Crippen molar-refractivity contribution in [3.05, 3.63) is 216 Å². The number of hydrogen-bond acceptors (Lipinski definition) is 6. The van der Waals surface area contributed by atoms with Crippen LogP contribution in [0.1, 0.15) is 103 Å². The van der Waals surface area contributed by atoms with Crippen LogP contribution < -0.4 is 9.80 Å². The highest BCUT2D eigenvalue weighted by atomic mass is 16.4. The summed E-state index contributed by atoms with van der Waals surface area (Å²) in [6.07, 6.45) is 0. The van der Waals surface area contributed by atoms with E-state index in [-0.39, 0.29) is 10.8 Å². The molecule has 0 amide bonds. The fraction of sp³-hybridized carbons (Fsp3) is 0.184. The third-order valence-corrected chi connectivity index (χ3v) is 17.3. The number of para-hydroxylation sites is 2. The fourth-order valence-electron chi connectivity index (χ4n) is 12.8. The minimum atomic E-state index is -0.0614. The van der Waals surface area contributed by atoms with Crippen LogP contribution in [-0.4, -0.2) is 0 Å². The average molecular weight is 1070 g/mol. The van der Waals surface area contributed by atoms with Crippen molar-refractivity contribution in [1.29, 1.82) is 0 Å². The molecule has 6 heteroatoms. The van der Waals surface area contributed by atoms with E-state index < -0.39 is 0 Å². The SMILES string of the molecule is CC(C)c1ccc(N(c2ccc3c(ccc4c5ccc6c7ccc8cc(N(c9ccc(C(C)C)cc9)c9ccc%10oc%11c(C(C)(C)C)cccc%11c%10c9)ccc8c7oc6c5oc34)c2)c2ccc3oc4c(C(C)(C)C)cccc4c3c2)cc1. The lowest BCUT2D eigenvalue weighted by Crippen LogP contribution is -2.11. The van der Waals surface area contributed by atoms with Gasteiger partial charge in [-0.1, -0.05) is 142 Å². The minimum Gasteiger partial charge on any atom is -0.456 e. The molecule has 4 aromatic heterocycles. The first-order valence-corrected chi connectivity index (χ1v) is 28.9. The Morgan fingerprint density at radius 2 is 0.610 bits per heavy atom. The van der Waals surface area contributed by atoms with Crippen molar-refractivity contribution in [3.8, 4) is 0 Å². The van der Waals surface area contributed by atoms with E-state index in [9.17, 15) is 0 Å². The van der Waals surface area contributed by atoms with Crippen molar-refractivity contribution >= 4 is 143 Å². The second-order valence-electron chi connectivity index (χ2n) is 25.3. The van der Waals surface area contributed by atoms with Crippen molar-refractivity contribution in [2.75, 3.05) is 9.80 Å². The number of furan rings is 4. The van der Waals surface area contributed by atoms with Gasteiger partial charge in [0.15, 0.2) is 11.2 Å². The summed E-state index contributed by atoms with van der Waals surface area (Å²) in [5, 5.41) is 12.8. The van der Waals surface area contributed by atoms with Crippen molar-refractivity contribution in [1.82, 2.24) is 0 Å². The van der Waals surface area contributed by atoms with Crippen LogP contribution in [0, 0.1) is 0 Å². The first-order valence-electron chi connectivity index (χ1n) is 28.9. The van der Waals surface area contributed by atoms with Crippen LogP contribution in [0.4, 0.5) is 34.1 Å².